The number of thioether (sulfide) groups is 1. The van der Waals surface area contributed by atoms with E-state index in [1.54, 1.807) is 12.1 Å². The van der Waals surface area contributed by atoms with Crippen LogP contribution in [0.3, 0.4) is 0 Å². The summed E-state index contributed by atoms with van der Waals surface area (Å²) in [5.74, 6) is 0.272. The zero-order chi connectivity index (χ0) is 14.5. The van der Waals surface area contributed by atoms with Crippen molar-refractivity contribution in [3.8, 4) is 5.75 Å². The van der Waals surface area contributed by atoms with Crippen LogP contribution in [0.1, 0.15) is 11.4 Å². The molecule has 0 aliphatic carbocycles. The van der Waals surface area contributed by atoms with Gasteiger partial charge < -0.3 is 10.4 Å². The zero-order valence-electron chi connectivity index (χ0n) is 11.3. The molecule has 0 atom stereocenters. The van der Waals surface area contributed by atoms with Gasteiger partial charge in [0.1, 0.15) is 5.75 Å². The lowest BCUT2D eigenvalue weighted by molar-refractivity contribution is -0.113. The fourth-order valence-corrected chi connectivity index (χ4v) is 2.38. The molecule has 0 saturated heterocycles. The summed E-state index contributed by atoms with van der Waals surface area (Å²) in [6, 6.07) is 8.22. The SMILES string of the molecule is Cc1cc(C)nc(SCC(=O)Nc2ccc(O)cc2)n1. The first kappa shape index (κ1) is 14.3. The van der Waals surface area contributed by atoms with Crippen LogP contribution in [0.5, 0.6) is 5.75 Å². The molecule has 6 heteroatoms. The molecule has 20 heavy (non-hydrogen) atoms. The van der Waals surface area contributed by atoms with E-state index in [1.807, 2.05) is 19.9 Å². The summed E-state index contributed by atoms with van der Waals surface area (Å²) in [4.78, 5) is 20.3. The van der Waals surface area contributed by atoms with E-state index in [1.165, 1.54) is 23.9 Å². The largest absolute Gasteiger partial charge is 0.508 e. The number of phenolic OH excluding ortho intramolecular Hbond substituents is 1. The number of anilines is 1. The summed E-state index contributed by atoms with van der Waals surface area (Å²) in [6.07, 6.45) is 0. The number of hydrogen-bond donors (Lipinski definition) is 2. The molecule has 0 bridgehead atoms. The number of nitrogens with one attached hydrogen (secondary N) is 1. The smallest absolute Gasteiger partial charge is 0.234 e. The molecule has 5 nitrogen and oxygen atoms in total. The fraction of sp³-hybridized carbons (Fsp3) is 0.214. The van der Waals surface area contributed by atoms with Crippen LogP contribution in [0.25, 0.3) is 0 Å². The average Bonchev–Trinajstić information content (AvgIpc) is 2.38. The van der Waals surface area contributed by atoms with Crippen molar-refractivity contribution in [1.29, 1.82) is 0 Å². The van der Waals surface area contributed by atoms with E-state index < -0.39 is 0 Å². The molecule has 1 amide bonds. The first-order valence-electron chi connectivity index (χ1n) is 6.07. The molecule has 0 aliphatic heterocycles. The minimum absolute atomic E-state index is 0.136. The highest BCUT2D eigenvalue weighted by Gasteiger charge is 2.06. The summed E-state index contributed by atoms with van der Waals surface area (Å²) in [7, 11) is 0. The molecule has 2 rings (SSSR count). The molecule has 0 aliphatic rings. The van der Waals surface area contributed by atoms with Crippen LogP contribution >= 0.6 is 11.8 Å². The van der Waals surface area contributed by atoms with Gasteiger partial charge in [-0.25, -0.2) is 9.97 Å². The third-order valence-electron chi connectivity index (χ3n) is 2.45. The highest BCUT2D eigenvalue weighted by molar-refractivity contribution is 7.99. The Morgan fingerprint density at radius 3 is 2.40 bits per heavy atom. The van der Waals surface area contributed by atoms with Crippen LogP contribution in [-0.2, 0) is 4.79 Å². The zero-order valence-corrected chi connectivity index (χ0v) is 12.1. The Morgan fingerprint density at radius 2 is 1.80 bits per heavy atom. The third-order valence-corrected chi connectivity index (χ3v) is 3.29. The predicted molar refractivity (Wildman–Crippen MR) is 79.0 cm³/mol. The van der Waals surface area contributed by atoms with Crippen LogP contribution in [0, 0.1) is 13.8 Å². The number of aryl methyl sites for hydroxylation is 2. The van der Waals surface area contributed by atoms with Gasteiger partial charge in [-0.3, -0.25) is 4.79 Å². The number of carbonyl (C=O) groups excluding carboxylic acids is 1. The monoisotopic (exact) mass is 289 g/mol. The van der Waals surface area contributed by atoms with Gasteiger partial charge in [-0.05, 0) is 44.2 Å². The Morgan fingerprint density at radius 1 is 1.20 bits per heavy atom. The van der Waals surface area contributed by atoms with Crippen LogP contribution in [0.4, 0.5) is 5.69 Å². The van der Waals surface area contributed by atoms with Gasteiger partial charge in [-0.15, -0.1) is 0 Å². The standard InChI is InChI=1S/C14H15N3O2S/c1-9-7-10(2)16-14(15-9)20-8-13(19)17-11-3-5-12(18)6-4-11/h3-7,18H,8H2,1-2H3,(H,17,19). The van der Waals surface area contributed by atoms with Gasteiger partial charge >= 0.3 is 0 Å². The maximum absolute atomic E-state index is 11.8. The minimum atomic E-state index is -0.136. The predicted octanol–water partition coefficient (Wildman–Crippen LogP) is 2.53. The van der Waals surface area contributed by atoms with Crippen LogP contribution in [-0.4, -0.2) is 26.7 Å². The van der Waals surface area contributed by atoms with Gasteiger partial charge in [-0.1, -0.05) is 11.8 Å². The van der Waals surface area contributed by atoms with Crippen molar-refractivity contribution in [1.82, 2.24) is 9.97 Å². The molecule has 2 N–H and O–H groups in total. The summed E-state index contributed by atoms with van der Waals surface area (Å²) < 4.78 is 0. The molecule has 104 valence electrons. The van der Waals surface area contributed by atoms with E-state index in [4.69, 9.17) is 5.11 Å². The quantitative estimate of drug-likeness (QED) is 0.514. The minimum Gasteiger partial charge on any atom is -0.508 e. The van der Waals surface area contributed by atoms with Crippen LogP contribution < -0.4 is 5.32 Å². The molecule has 0 radical (unpaired) electrons. The summed E-state index contributed by atoms with van der Waals surface area (Å²) >= 11 is 1.30. The van der Waals surface area contributed by atoms with E-state index >= 15 is 0 Å². The Kier molecular flexibility index (Phi) is 4.57. The first-order chi connectivity index (χ1) is 9.52. The second-order valence-electron chi connectivity index (χ2n) is 4.32. The van der Waals surface area contributed by atoms with Crippen molar-refractivity contribution in [2.75, 3.05) is 11.1 Å². The lowest BCUT2D eigenvalue weighted by Crippen LogP contribution is -2.14. The molecular weight excluding hydrogens is 274 g/mol. The maximum atomic E-state index is 11.8. The number of carbonyl (C=O) groups is 1. The lowest BCUT2D eigenvalue weighted by Gasteiger charge is -2.05. The van der Waals surface area contributed by atoms with Gasteiger partial charge in [0, 0.05) is 17.1 Å². The van der Waals surface area contributed by atoms with E-state index in [0.717, 1.165) is 11.4 Å². The highest BCUT2D eigenvalue weighted by Crippen LogP contribution is 2.16. The number of phenols is 1. The van der Waals surface area contributed by atoms with Crippen molar-refractivity contribution in [2.45, 2.75) is 19.0 Å². The van der Waals surface area contributed by atoms with Crippen molar-refractivity contribution in [2.24, 2.45) is 0 Å². The number of nitrogens with zero attached hydrogens (tertiary/aromatic N) is 2. The number of aromatic nitrogens is 2. The van der Waals surface area contributed by atoms with Gasteiger partial charge in [0.25, 0.3) is 0 Å². The second-order valence-corrected chi connectivity index (χ2v) is 5.26. The lowest BCUT2D eigenvalue weighted by atomic mass is 10.3. The number of amides is 1. The Hall–Kier alpha value is -2.08. The first-order valence-corrected chi connectivity index (χ1v) is 7.05. The molecule has 0 fully saturated rings. The molecule has 0 saturated carbocycles. The number of aromatic hydroxyl groups is 1. The van der Waals surface area contributed by atoms with Crippen LogP contribution in [0.2, 0.25) is 0 Å². The fourth-order valence-electron chi connectivity index (χ4n) is 1.63. The third kappa shape index (κ3) is 4.24. The highest BCUT2D eigenvalue weighted by atomic mass is 32.2. The summed E-state index contributed by atoms with van der Waals surface area (Å²) in [5, 5.41) is 12.5. The van der Waals surface area contributed by atoms with E-state index in [-0.39, 0.29) is 17.4 Å². The van der Waals surface area contributed by atoms with Crippen molar-refractivity contribution < 1.29 is 9.90 Å². The van der Waals surface area contributed by atoms with Gasteiger partial charge in [0.05, 0.1) is 5.75 Å². The van der Waals surface area contributed by atoms with Crippen molar-refractivity contribution in [3.63, 3.8) is 0 Å². The number of hydrogen-bond acceptors (Lipinski definition) is 5. The number of benzene rings is 1. The van der Waals surface area contributed by atoms with E-state index in [9.17, 15) is 4.79 Å². The van der Waals surface area contributed by atoms with Gasteiger partial charge in [-0.2, -0.15) is 0 Å². The summed E-state index contributed by atoms with van der Waals surface area (Å²) in [6.45, 7) is 3.80. The number of rotatable bonds is 4. The van der Waals surface area contributed by atoms with Crippen LogP contribution in [0.15, 0.2) is 35.5 Å². The molecule has 1 heterocycles. The van der Waals surface area contributed by atoms with Crippen molar-refractivity contribution in [3.05, 3.63) is 41.7 Å². The topological polar surface area (TPSA) is 75.1 Å². The molecule has 0 unspecified atom stereocenters. The van der Waals surface area contributed by atoms with E-state index in [0.29, 0.717) is 10.8 Å². The molecule has 0 spiro atoms. The maximum Gasteiger partial charge on any atom is 0.234 e. The summed E-state index contributed by atoms with van der Waals surface area (Å²) in [5.41, 5.74) is 2.42. The average molecular weight is 289 g/mol. The molecule has 1 aromatic carbocycles. The van der Waals surface area contributed by atoms with Gasteiger partial charge in [0.2, 0.25) is 5.91 Å². The van der Waals surface area contributed by atoms with E-state index in [2.05, 4.69) is 15.3 Å². The Labute approximate surface area is 121 Å². The van der Waals surface area contributed by atoms with Gasteiger partial charge in [0.15, 0.2) is 5.16 Å². The second kappa shape index (κ2) is 6.38. The molecule has 1 aromatic heterocycles. The molecular formula is C14H15N3O2S. The van der Waals surface area contributed by atoms with Crippen molar-refractivity contribution >= 4 is 23.4 Å². The normalized spacial score (nSPS) is 10.3. The molecule has 2 aromatic rings. The Bertz CT molecular complexity index is 594. The Balaban J connectivity index is 1.90.